The normalized spacial score (nSPS) is 12.7. The number of amides is 2. The van der Waals surface area contributed by atoms with Crippen LogP contribution in [-0.2, 0) is 9.53 Å². The minimum Gasteiger partial charge on any atom is -0.444 e. The van der Waals surface area contributed by atoms with Crippen molar-refractivity contribution in [1.82, 2.24) is 15.5 Å². The lowest BCUT2D eigenvalue weighted by molar-refractivity contribution is -0.123. The molecule has 0 aliphatic rings. The molecule has 0 rings (SSSR count). The SMILES string of the molecule is CCNC(=O)C(CCCNCl)NC(=O)OC(C)(C)C. The third-order valence-electron chi connectivity index (χ3n) is 2.12. The molecule has 0 aromatic rings. The third-order valence-corrected chi connectivity index (χ3v) is 2.31. The molecule has 0 bridgehead atoms. The predicted molar refractivity (Wildman–Crippen MR) is 74.9 cm³/mol. The van der Waals surface area contributed by atoms with Gasteiger partial charge in [-0.15, -0.1) is 0 Å². The van der Waals surface area contributed by atoms with E-state index >= 15 is 0 Å². The zero-order chi connectivity index (χ0) is 14.9. The predicted octanol–water partition coefficient (Wildman–Crippen LogP) is 1.54. The Morgan fingerprint density at radius 2 is 1.95 bits per heavy atom. The lowest BCUT2D eigenvalue weighted by Crippen LogP contribution is -2.48. The van der Waals surface area contributed by atoms with Crippen molar-refractivity contribution in [3.05, 3.63) is 0 Å². The van der Waals surface area contributed by atoms with Gasteiger partial charge in [0, 0.05) is 13.1 Å². The van der Waals surface area contributed by atoms with Gasteiger partial charge < -0.3 is 15.4 Å². The summed E-state index contributed by atoms with van der Waals surface area (Å²) in [4.78, 5) is 25.9. The fraction of sp³-hybridized carbons (Fsp3) is 0.833. The molecule has 112 valence electrons. The Hall–Kier alpha value is -1.01. The van der Waals surface area contributed by atoms with Crippen LogP contribution in [0.3, 0.4) is 0 Å². The average Bonchev–Trinajstić information content (AvgIpc) is 2.25. The summed E-state index contributed by atoms with van der Waals surface area (Å²) in [7, 11) is 0. The molecule has 2 amide bonds. The van der Waals surface area contributed by atoms with Crippen LogP contribution in [0.5, 0.6) is 0 Å². The van der Waals surface area contributed by atoms with Crippen molar-refractivity contribution in [3.63, 3.8) is 0 Å². The smallest absolute Gasteiger partial charge is 0.408 e. The van der Waals surface area contributed by atoms with Crippen molar-refractivity contribution >= 4 is 23.8 Å². The summed E-state index contributed by atoms with van der Waals surface area (Å²) in [6.07, 6.45) is 0.564. The van der Waals surface area contributed by atoms with Crippen molar-refractivity contribution < 1.29 is 14.3 Å². The van der Waals surface area contributed by atoms with Gasteiger partial charge in [-0.1, -0.05) is 0 Å². The van der Waals surface area contributed by atoms with Crippen molar-refractivity contribution in [2.45, 2.75) is 52.2 Å². The topological polar surface area (TPSA) is 79.5 Å². The van der Waals surface area contributed by atoms with Gasteiger partial charge in [0.05, 0.1) is 0 Å². The summed E-state index contributed by atoms with van der Waals surface area (Å²) in [6, 6.07) is -0.611. The number of rotatable bonds is 7. The van der Waals surface area contributed by atoms with E-state index in [1.54, 1.807) is 20.8 Å². The first-order valence-corrected chi connectivity index (χ1v) is 6.78. The molecule has 1 atom stereocenters. The number of ether oxygens (including phenoxy) is 1. The maximum Gasteiger partial charge on any atom is 0.408 e. The van der Waals surface area contributed by atoms with Gasteiger partial charge in [-0.2, -0.15) is 0 Å². The maximum absolute atomic E-state index is 11.8. The minimum absolute atomic E-state index is 0.220. The van der Waals surface area contributed by atoms with Gasteiger partial charge in [0.1, 0.15) is 11.6 Å². The first-order valence-electron chi connectivity index (χ1n) is 6.41. The van der Waals surface area contributed by atoms with Gasteiger partial charge in [-0.25, -0.2) is 9.63 Å². The molecule has 0 heterocycles. The van der Waals surface area contributed by atoms with Gasteiger partial charge in [-0.05, 0) is 52.3 Å². The highest BCUT2D eigenvalue weighted by Gasteiger charge is 2.23. The molecule has 0 saturated carbocycles. The number of hydrogen-bond donors (Lipinski definition) is 3. The van der Waals surface area contributed by atoms with Crippen LogP contribution >= 0.6 is 11.8 Å². The number of likely N-dealkylation sites (N-methyl/N-ethyl adjacent to an activating group) is 1. The number of nitrogens with one attached hydrogen (secondary N) is 3. The number of hydrogen-bond acceptors (Lipinski definition) is 4. The van der Waals surface area contributed by atoms with Crippen molar-refractivity contribution in [2.75, 3.05) is 13.1 Å². The Bertz CT molecular complexity index is 292. The van der Waals surface area contributed by atoms with Crippen LogP contribution in [0, 0.1) is 0 Å². The second-order valence-corrected chi connectivity index (χ2v) is 5.39. The fourth-order valence-electron chi connectivity index (χ4n) is 1.39. The largest absolute Gasteiger partial charge is 0.444 e. The molecule has 0 fully saturated rings. The second-order valence-electron chi connectivity index (χ2n) is 5.12. The van der Waals surface area contributed by atoms with E-state index in [4.69, 9.17) is 16.5 Å². The minimum atomic E-state index is -0.611. The quantitative estimate of drug-likeness (QED) is 0.491. The molecular weight excluding hydrogens is 270 g/mol. The summed E-state index contributed by atoms with van der Waals surface area (Å²) in [5, 5.41) is 5.25. The first kappa shape index (κ1) is 18.0. The van der Waals surface area contributed by atoms with E-state index < -0.39 is 17.7 Å². The molecule has 7 heteroatoms. The molecule has 0 radical (unpaired) electrons. The molecule has 6 nitrogen and oxygen atoms in total. The number of halogens is 1. The highest BCUT2D eigenvalue weighted by atomic mass is 35.5. The van der Waals surface area contributed by atoms with E-state index in [-0.39, 0.29) is 5.91 Å². The Balaban J connectivity index is 4.39. The van der Waals surface area contributed by atoms with E-state index in [0.717, 1.165) is 0 Å². The molecule has 0 aromatic carbocycles. The summed E-state index contributed by atoms with van der Waals surface area (Å²) in [5.74, 6) is -0.220. The Labute approximate surface area is 119 Å². The van der Waals surface area contributed by atoms with Gasteiger partial charge in [-0.3, -0.25) is 4.79 Å². The summed E-state index contributed by atoms with van der Waals surface area (Å²) < 4.78 is 5.13. The molecule has 0 saturated heterocycles. The van der Waals surface area contributed by atoms with E-state index in [1.165, 1.54) is 0 Å². The molecule has 0 spiro atoms. The van der Waals surface area contributed by atoms with Crippen LogP contribution < -0.4 is 15.5 Å². The van der Waals surface area contributed by atoms with Crippen LogP contribution in [0.2, 0.25) is 0 Å². The second kappa shape index (κ2) is 8.98. The van der Waals surface area contributed by atoms with Gasteiger partial charge in [0.15, 0.2) is 0 Å². The van der Waals surface area contributed by atoms with Gasteiger partial charge >= 0.3 is 6.09 Å². The Morgan fingerprint density at radius 1 is 1.32 bits per heavy atom. The first-order chi connectivity index (χ1) is 8.80. The lowest BCUT2D eigenvalue weighted by Gasteiger charge is -2.23. The molecule has 19 heavy (non-hydrogen) atoms. The maximum atomic E-state index is 11.8. The van der Waals surface area contributed by atoms with E-state index in [2.05, 4.69) is 15.5 Å². The molecule has 0 aliphatic heterocycles. The monoisotopic (exact) mass is 293 g/mol. The van der Waals surface area contributed by atoms with Gasteiger partial charge in [0.25, 0.3) is 0 Å². The molecule has 0 aromatic heterocycles. The van der Waals surface area contributed by atoms with E-state index in [1.807, 2.05) is 6.92 Å². The van der Waals surface area contributed by atoms with Crippen molar-refractivity contribution in [2.24, 2.45) is 0 Å². The average molecular weight is 294 g/mol. The summed E-state index contributed by atoms with van der Waals surface area (Å²) in [5.41, 5.74) is -0.590. The Morgan fingerprint density at radius 3 is 2.42 bits per heavy atom. The molecule has 0 aliphatic carbocycles. The molecular formula is C12H24ClN3O3. The van der Waals surface area contributed by atoms with Gasteiger partial charge in [0.2, 0.25) is 5.91 Å². The summed E-state index contributed by atoms with van der Waals surface area (Å²) in [6.45, 7) is 8.21. The Kier molecular flexibility index (Phi) is 8.51. The zero-order valence-electron chi connectivity index (χ0n) is 12.0. The van der Waals surface area contributed by atoms with E-state index in [9.17, 15) is 9.59 Å². The van der Waals surface area contributed by atoms with Crippen molar-refractivity contribution in [1.29, 1.82) is 0 Å². The van der Waals surface area contributed by atoms with Crippen LogP contribution in [0.15, 0.2) is 0 Å². The molecule has 3 N–H and O–H groups in total. The van der Waals surface area contributed by atoms with Crippen LogP contribution in [0.1, 0.15) is 40.5 Å². The standard InChI is InChI=1S/C12H24ClN3O3/c1-5-14-10(17)9(7-6-8-15-13)16-11(18)19-12(2,3)4/h9,15H,5-8H2,1-4H3,(H,14,17)(H,16,18). The zero-order valence-corrected chi connectivity index (χ0v) is 12.8. The third kappa shape index (κ3) is 9.55. The highest BCUT2D eigenvalue weighted by Crippen LogP contribution is 2.07. The van der Waals surface area contributed by atoms with E-state index in [0.29, 0.717) is 25.9 Å². The number of alkyl carbamates (subject to hydrolysis) is 1. The van der Waals surface area contributed by atoms with Crippen LogP contribution in [0.25, 0.3) is 0 Å². The fourth-order valence-corrected chi connectivity index (χ4v) is 1.52. The number of carbonyl (C=O) groups excluding carboxylic acids is 2. The summed E-state index contributed by atoms with van der Waals surface area (Å²) >= 11 is 5.36. The highest BCUT2D eigenvalue weighted by molar-refractivity contribution is 6.13. The van der Waals surface area contributed by atoms with Crippen LogP contribution in [-0.4, -0.2) is 36.7 Å². The molecule has 1 unspecified atom stereocenters. The lowest BCUT2D eigenvalue weighted by atomic mass is 10.1. The van der Waals surface area contributed by atoms with Crippen LogP contribution in [0.4, 0.5) is 4.79 Å². The number of carbonyl (C=O) groups is 2. The van der Waals surface area contributed by atoms with Crippen molar-refractivity contribution in [3.8, 4) is 0 Å².